The number of amides is 1. The van der Waals surface area contributed by atoms with Crippen LogP contribution in [-0.2, 0) is 12.0 Å². The smallest absolute Gasteiger partial charge is 0.251 e. The molecule has 0 spiro atoms. The molecule has 1 aliphatic carbocycles. The zero-order valence-corrected chi connectivity index (χ0v) is 16.1. The molecule has 0 bridgehead atoms. The van der Waals surface area contributed by atoms with E-state index in [2.05, 4.69) is 39.9 Å². The number of nitrogens with zero attached hydrogens (tertiary/aromatic N) is 3. The predicted octanol–water partition coefficient (Wildman–Crippen LogP) is 3.94. The standard InChI is InChI=1S/C24H22N4O/c29-23(25-17-24(14-15-24)20-6-2-1-3-7-20)19-12-10-18(11-13-19)16-28-22-9-5-4-8-21(22)26-27-28/h1-13H,14-17H2,(H,25,29). The molecule has 3 aromatic carbocycles. The summed E-state index contributed by atoms with van der Waals surface area (Å²) in [5.41, 5.74) is 5.09. The second kappa shape index (κ2) is 7.17. The largest absolute Gasteiger partial charge is 0.351 e. The molecule has 5 rings (SSSR count). The van der Waals surface area contributed by atoms with Crippen LogP contribution in [0.15, 0.2) is 78.9 Å². The minimum Gasteiger partial charge on any atom is -0.351 e. The lowest BCUT2D eigenvalue weighted by Gasteiger charge is -2.16. The molecule has 0 aliphatic heterocycles. The van der Waals surface area contributed by atoms with Crippen molar-refractivity contribution in [3.8, 4) is 0 Å². The lowest BCUT2D eigenvalue weighted by molar-refractivity contribution is 0.0949. The number of hydrogen-bond acceptors (Lipinski definition) is 3. The molecule has 0 unspecified atom stereocenters. The Morgan fingerprint density at radius 2 is 1.66 bits per heavy atom. The van der Waals surface area contributed by atoms with Crippen LogP contribution in [0, 0.1) is 0 Å². The highest BCUT2D eigenvalue weighted by molar-refractivity contribution is 5.94. The molecule has 1 fully saturated rings. The fourth-order valence-electron chi connectivity index (χ4n) is 3.83. The molecule has 1 heterocycles. The highest BCUT2D eigenvalue weighted by atomic mass is 16.1. The summed E-state index contributed by atoms with van der Waals surface area (Å²) < 4.78 is 1.88. The second-order valence-electron chi connectivity index (χ2n) is 7.76. The highest BCUT2D eigenvalue weighted by Crippen LogP contribution is 2.47. The van der Waals surface area contributed by atoms with Gasteiger partial charge in [-0.25, -0.2) is 4.68 Å². The molecule has 1 aromatic heterocycles. The molecule has 1 saturated carbocycles. The maximum Gasteiger partial charge on any atom is 0.251 e. The van der Waals surface area contributed by atoms with Gasteiger partial charge in [0.2, 0.25) is 0 Å². The monoisotopic (exact) mass is 382 g/mol. The van der Waals surface area contributed by atoms with Gasteiger partial charge < -0.3 is 5.32 Å². The summed E-state index contributed by atoms with van der Waals surface area (Å²) in [7, 11) is 0. The first-order valence-corrected chi connectivity index (χ1v) is 9.94. The van der Waals surface area contributed by atoms with Crippen LogP contribution < -0.4 is 5.32 Å². The van der Waals surface area contributed by atoms with E-state index in [1.54, 1.807) is 0 Å². The van der Waals surface area contributed by atoms with Crippen LogP contribution in [0.2, 0.25) is 0 Å². The molecule has 0 radical (unpaired) electrons. The number of nitrogens with one attached hydrogen (secondary N) is 1. The number of aromatic nitrogens is 3. The van der Waals surface area contributed by atoms with Crippen molar-refractivity contribution in [3.63, 3.8) is 0 Å². The summed E-state index contributed by atoms with van der Waals surface area (Å²) in [4.78, 5) is 12.6. The zero-order chi connectivity index (χ0) is 19.7. The Hall–Kier alpha value is -3.47. The third kappa shape index (κ3) is 3.51. The molecule has 0 atom stereocenters. The number of carbonyl (C=O) groups is 1. The summed E-state index contributed by atoms with van der Waals surface area (Å²) in [5, 5.41) is 11.5. The van der Waals surface area contributed by atoms with E-state index in [-0.39, 0.29) is 11.3 Å². The van der Waals surface area contributed by atoms with E-state index in [4.69, 9.17) is 0 Å². The van der Waals surface area contributed by atoms with E-state index in [1.807, 2.05) is 59.3 Å². The van der Waals surface area contributed by atoms with E-state index < -0.39 is 0 Å². The van der Waals surface area contributed by atoms with Crippen molar-refractivity contribution < 1.29 is 4.79 Å². The van der Waals surface area contributed by atoms with Gasteiger partial charge in [0.05, 0.1) is 12.1 Å². The first-order chi connectivity index (χ1) is 14.2. The molecule has 0 saturated heterocycles. The van der Waals surface area contributed by atoms with Gasteiger partial charge in [0.1, 0.15) is 5.52 Å². The number of fused-ring (bicyclic) bond motifs is 1. The van der Waals surface area contributed by atoms with Crippen LogP contribution in [0.25, 0.3) is 11.0 Å². The van der Waals surface area contributed by atoms with E-state index in [0.717, 1.165) is 29.4 Å². The van der Waals surface area contributed by atoms with Gasteiger partial charge in [0.15, 0.2) is 0 Å². The van der Waals surface area contributed by atoms with Crippen LogP contribution in [0.1, 0.15) is 34.3 Å². The molecule has 4 aromatic rings. The first-order valence-electron chi connectivity index (χ1n) is 9.94. The van der Waals surface area contributed by atoms with Gasteiger partial charge >= 0.3 is 0 Å². The molecule has 1 amide bonds. The van der Waals surface area contributed by atoms with Crippen molar-refractivity contribution >= 4 is 16.9 Å². The molecule has 1 aliphatic rings. The number of hydrogen-bond donors (Lipinski definition) is 1. The summed E-state index contributed by atoms with van der Waals surface area (Å²) >= 11 is 0. The van der Waals surface area contributed by atoms with Crippen LogP contribution >= 0.6 is 0 Å². The molecule has 5 heteroatoms. The van der Waals surface area contributed by atoms with Crippen molar-refractivity contribution in [2.45, 2.75) is 24.8 Å². The molecule has 1 N–H and O–H groups in total. The van der Waals surface area contributed by atoms with Crippen LogP contribution in [0.5, 0.6) is 0 Å². The van der Waals surface area contributed by atoms with Gasteiger partial charge in [-0.15, -0.1) is 5.10 Å². The van der Waals surface area contributed by atoms with Gasteiger partial charge in [0, 0.05) is 17.5 Å². The van der Waals surface area contributed by atoms with Crippen LogP contribution in [0.4, 0.5) is 0 Å². The van der Waals surface area contributed by atoms with Crippen molar-refractivity contribution in [3.05, 3.63) is 95.6 Å². The fraction of sp³-hybridized carbons (Fsp3) is 0.208. The van der Waals surface area contributed by atoms with Gasteiger partial charge in [-0.3, -0.25) is 4.79 Å². The first kappa shape index (κ1) is 17.6. The van der Waals surface area contributed by atoms with E-state index in [0.29, 0.717) is 18.7 Å². The number of rotatable bonds is 6. The fourth-order valence-corrected chi connectivity index (χ4v) is 3.83. The maximum absolute atomic E-state index is 12.6. The Labute approximate surface area is 169 Å². The van der Waals surface area contributed by atoms with Gasteiger partial charge in [-0.1, -0.05) is 59.8 Å². The van der Waals surface area contributed by atoms with Gasteiger partial charge in [0.25, 0.3) is 5.91 Å². The predicted molar refractivity (Wildman–Crippen MR) is 113 cm³/mol. The van der Waals surface area contributed by atoms with Crippen molar-refractivity contribution in [2.24, 2.45) is 0 Å². The van der Waals surface area contributed by atoms with Gasteiger partial charge in [-0.05, 0) is 48.2 Å². The SMILES string of the molecule is O=C(NCC1(c2ccccc2)CC1)c1ccc(Cn2nnc3ccccc32)cc1. The topological polar surface area (TPSA) is 59.8 Å². The Morgan fingerprint density at radius 3 is 2.41 bits per heavy atom. The van der Waals surface area contributed by atoms with Crippen molar-refractivity contribution in [1.82, 2.24) is 20.3 Å². The van der Waals surface area contributed by atoms with Crippen LogP contribution in [0.3, 0.4) is 0 Å². The average molecular weight is 382 g/mol. The Bertz CT molecular complexity index is 1140. The number of para-hydroxylation sites is 1. The Balaban J connectivity index is 1.24. The number of carbonyl (C=O) groups excluding carboxylic acids is 1. The van der Waals surface area contributed by atoms with Crippen molar-refractivity contribution in [2.75, 3.05) is 6.54 Å². The summed E-state index contributed by atoms with van der Waals surface area (Å²) in [6.07, 6.45) is 2.25. The number of benzene rings is 3. The third-order valence-corrected chi connectivity index (χ3v) is 5.80. The summed E-state index contributed by atoms with van der Waals surface area (Å²) in [5.74, 6) is -0.0232. The normalized spacial score (nSPS) is 14.6. The molecule has 144 valence electrons. The summed E-state index contributed by atoms with van der Waals surface area (Å²) in [6, 6.07) is 26.1. The zero-order valence-electron chi connectivity index (χ0n) is 16.1. The average Bonchev–Trinajstić information content (AvgIpc) is 3.48. The Kier molecular flexibility index (Phi) is 4.35. The molecule has 29 heavy (non-hydrogen) atoms. The lowest BCUT2D eigenvalue weighted by Crippen LogP contribution is -2.32. The minimum absolute atomic E-state index is 0.0232. The third-order valence-electron chi connectivity index (χ3n) is 5.80. The quantitative estimate of drug-likeness (QED) is 0.549. The minimum atomic E-state index is -0.0232. The molecular weight excluding hydrogens is 360 g/mol. The molecular formula is C24H22N4O. The van der Waals surface area contributed by atoms with E-state index in [1.165, 1.54) is 5.56 Å². The van der Waals surface area contributed by atoms with Gasteiger partial charge in [-0.2, -0.15) is 0 Å². The van der Waals surface area contributed by atoms with E-state index >= 15 is 0 Å². The highest BCUT2D eigenvalue weighted by Gasteiger charge is 2.44. The summed E-state index contributed by atoms with van der Waals surface area (Å²) in [6.45, 7) is 1.31. The lowest BCUT2D eigenvalue weighted by atomic mass is 9.96. The van der Waals surface area contributed by atoms with E-state index in [9.17, 15) is 4.79 Å². The van der Waals surface area contributed by atoms with Crippen LogP contribution in [-0.4, -0.2) is 27.4 Å². The molecule has 5 nitrogen and oxygen atoms in total. The Morgan fingerprint density at radius 1 is 0.931 bits per heavy atom. The maximum atomic E-state index is 12.6. The van der Waals surface area contributed by atoms with Crippen molar-refractivity contribution in [1.29, 1.82) is 0 Å². The second-order valence-corrected chi connectivity index (χ2v) is 7.76.